The number of hydrogen-bond acceptors (Lipinski definition) is 1. The predicted molar refractivity (Wildman–Crippen MR) is 72.8 cm³/mol. The molecule has 0 aromatic heterocycles. The molecule has 5 heteroatoms. The number of halogens is 2. The Morgan fingerprint density at radius 2 is 2.25 bits per heavy atom. The second-order valence-corrected chi connectivity index (χ2v) is 5.06. The second kappa shape index (κ2) is 6.11. The topological polar surface area (TPSA) is 50.4 Å². The van der Waals surface area contributed by atoms with E-state index in [2.05, 4.69) is 26.2 Å². The van der Waals surface area contributed by atoms with E-state index in [9.17, 15) is 0 Å². The van der Waals surface area contributed by atoms with E-state index in [0.717, 1.165) is 10.0 Å². The Hall–Kier alpha value is -0.740. The zero-order valence-corrected chi connectivity index (χ0v) is 11.6. The van der Waals surface area contributed by atoms with Gasteiger partial charge in [0, 0.05) is 15.5 Å². The molecule has 0 fully saturated rings. The van der Waals surface area contributed by atoms with Crippen LogP contribution >= 0.6 is 27.5 Å². The summed E-state index contributed by atoms with van der Waals surface area (Å²) >= 11 is 9.41. The molecule has 88 valence electrons. The zero-order valence-electron chi connectivity index (χ0n) is 9.30. The fraction of sp³-hybridized carbons (Fsp3) is 0.364. The molecule has 16 heavy (non-hydrogen) atoms. The molecule has 0 atom stereocenters. The number of rotatable bonds is 3. The van der Waals surface area contributed by atoms with E-state index in [1.165, 1.54) is 0 Å². The molecular formula is C11H15BrClN3. The van der Waals surface area contributed by atoms with Crippen molar-refractivity contribution in [3.05, 3.63) is 33.3 Å². The summed E-state index contributed by atoms with van der Waals surface area (Å²) in [6.07, 6.45) is 0. The molecule has 0 aliphatic rings. The zero-order chi connectivity index (χ0) is 12.1. The Morgan fingerprint density at radius 1 is 1.56 bits per heavy atom. The third-order valence-electron chi connectivity index (χ3n) is 1.87. The first kappa shape index (κ1) is 13.3. The van der Waals surface area contributed by atoms with Crippen molar-refractivity contribution in [3.8, 4) is 0 Å². The minimum Gasteiger partial charge on any atom is -0.370 e. The maximum Gasteiger partial charge on any atom is 0.189 e. The fourth-order valence-corrected chi connectivity index (χ4v) is 1.89. The number of hydrogen-bond donors (Lipinski definition) is 2. The first-order valence-corrected chi connectivity index (χ1v) is 6.16. The summed E-state index contributed by atoms with van der Waals surface area (Å²) in [7, 11) is 0. The number of guanidine groups is 1. The van der Waals surface area contributed by atoms with Gasteiger partial charge in [-0.15, -0.1) is 0 Å². The van der Waals surface area contributed by atoms with E-state index >= 15 is 0 Å². The van der Waals surface area contributed by atoms with Crippen LogP contribution in [0.2, 0.25) is 5.02 Å². The lowest BCUT2D eigenvalue weighted by Gasteiger charge is -2.08. The minimum atomic E-state index is 0.282. The summed E-state index contributed by atoms with van der Waals surface area (Å²) < 4.78 is 0.957. The van der Waals surface area contributed by atoms with Crippen molar-refractivity contribution in [2.24, 2.45) is 10.7 Å². The van der Waals surface area contributed by atoms with E-state index in [4.69, 9.17) is 17.3 Å². The lowest BCUT2D eigenvalue weighted by atomic mass is 10.2. The van der Waals surface area contributed by atoms with E-state index in [1.807, 2.05) is 32.0 Å². The lowest BCUT2D eigenvalue weighted by Crippen LogP contribution is -2.36. The van der Waals surface area contributed by atoms with Crippen molar-refractivity contribution in [2.75, 3.05) is 0 Å². The van der Waals surface area contributed by atoms with Crippen LogP contribution in [0.5, 0.6) is 0 Å². The van der Waals surface area contributed by atoms with Gasteiger partial charge in [-0.05, 0) is 31.5 Å². The normalized spacial score (nSPS) is 11.9. The number of aliphatic imine (C=N–C) groups is 1. The van der Waals surface area contributed by atoms with Gasteiger partial charge in [0.2, 0.25) is 0 Å². The number of nitrogens with two attached hydrogens (primary N) is 1. The number of benzene rings is 1. The number of nitrogens with one attached hydrogen (secondary N) is 1. The van der Waals surface area contributed by atoms with Gasteiger partial charge in [0.05, 0.1) is 6.54 Å². The molecule has 0 unspecified atom stereocenters. The van der Waals surface area contributed by atoms with Crippen molar-refractivity contribution in [3.63, 3.8) is 0 Å². The van der Waals surface area contributed by atoms with Crippen LogP contribution in [0.25, 0.3) is 0 Å². The van der Waals surface area contributed by atoms with Gasteiger partial charge < -0.3 is 11.1 Å². The fourth-order valence-electron chi connectivity index (χ4n) is 1.16. The smallest absolute Gasteiger partial charge is 0.189 e. The Morgan fingerprint density at radius 3 is 2.81 bits per heavy atom. The largest absolute Gasteiger partial charge is 0.370 e. The molecule has 0 aliphatic carbocycles. The highest BCUT2D eigenvalue weighted by molar-refractivity contribution is 9.10. The molecule has 0 heterocycles. The summed E-state index contributed by atoms with van der Waals surface area (Å²) in [4.78, 5) is 4.21. The van der Waals surface area contributed by atoms with Gasteiger partial charge in [-0.25, -0.2) is 4.99 Å². The van der Waals surface area contributed by atoms with Crippen LogP contribution in [-0.4, -0.2) is 12.0 Å². The molecule has 3 N–H and O–H groups in total. The summed E-state index contributed by atoms with van der Waals surface area (Å²) in [5.74, 6) is 0.439. The molecule has 0 saturated heterocycles. The van der Waals surface area contributed by atoms with Gasteiger partial charge in [-0.2, -0.15) is 0 Å². The highest BCUT2D eigenvalue weighted by Crippen LogP contribution is 2.21. The third-order valence-corrected chi connectivity index (χ3v) is 2.72. The van der Waals surface area contributed by atoms with Crippen molar-refractivity contribution >= 4 is 33.5 Å². The maximum absolute atomic E-state index is 6.06. The molecule has 1 aromatic carbocycles. The molecule has 0 amide bonds. The van der Waals surface area contributed by atoms with Gasteiger partial charge in [-0.3, -0.25) is 0 Å². The Balaban J connectivity index is 2.67. The quantitative estimate of drug-likeness (QED) is 0.666. The van der Waals surface area contributed by atoms with Gasteiger partial charge in [0.25, 0.3) is 0 Å². The predicted octanol–water partition coefficient (Wildman–Crippen LogP) is 2.92. The third kappa shape index (κ3) is 4.41. The Labute approximate surface area is 109 Å². The van der Waals surface area contributed by atoms with Gasteiger partial charge >= 0.3 is 0 Å². The molecule has 0 bridgehead atoms. The first-order chi connectivity index (χ1) is 7.49. The van der Waals surface area contributed by atoms with E-state index in [0.29, 0.717) is 17.5 Å². The molecule has 0 spiro atoms. The molecule has 0 radical (unpaired) electrons. The average molecular weight is 305 g/mol. The molecule has 0 aliphatic heterocycles. The molecule has 1 rings (SSSR count). The van der Waals surface area contributed by atoms with Crippen LogP contribution in [0.15, 0.2) is 27.7 Å². The molecule has 0 saturated carbocycles. The average Bonchev–Trinajstić information content (AvgIpc) is 2.15. The monoisotopic (exact) mass is 303 g/mol. The minimum absolute atomic E-state index is 0.282. The van der Waals surface area contributed by atoms with Crippen LogP contribution in [0.1, 0.15) is 19.4 Å². The van der Waals surface area contributed by atoms with Crippen LogP contribution in [0.4, 0.5) is 0 Å². The van der Waals surface area contributed by atoms with Crippen molar-refractivity contribution in [1.82, 2.24) is 5.32 Å². The highest BCUT2D eigenvalue weighted by Gasteiger charge is 2.01. The summed E-state index contributed by atoms with van der Waals surface area (Å²) in [5.41, 5.74) is 6.65. The Kier molecular flexibility index (Phi) is 5.09. The first-order valence-electron chi connectivity index (χ1n) is 4.99. The molecular weight excluding hydrogens is 289 g/mol. The van der Waals surface area contributed by atoms with Crippen LogP contribution in [0.3, 0.4) is 0 Å². The van der Waals surface area contributed by atoms with Gasteiger partial charge in [-0.1, -0.05) is 33.6 Å². The van der Waals surface area contributed by atoms with E-state index < -0.39 is 0 Å². The summed E-state index contributed by atoms with van der Waals surface area (Å²) in [6, 6.07) is 5.99. The summed E-state index contributed by atoms with van der Waals surface area (Å²) in [6.45, 7) is 4.50. The van der Waals surface area contributed by atoms with Crippen molar-refractivity contribution < 1.29 is 0 Å². The standard InChI is InChI=1S/C11H15BrClN3/c1-7(2)16-11(14)15-6-8-3-4-9(12)5-10(8)13/h3-5,7H,6H2,1-2H3,(H3,14,15,16). The summed E-state index contributed by atoms with van der Waals surface area (Å²) in [5, 5.41) is 3.71. The van der Waals surface area contributed by atoms with Gasteiger partial charge in [0.15, 0.2) is 5.96 Å². The van der Waals surface area contributed by atoms with E-state index in [1.54, 1.807) is 0 Å². The SMILES string of the molecule is CC(C)NC(N)=NCc1ccc(Br)cc1Cl. The maximum atomic E-state index is 6.06. The van der Waals surface area contributed by atoms with Crippen molar-refractivity contribution in [1.29, 1.82) is 0 Å². The van der Waals surface area contributed by atoms with Crippen molar-refractivity contribution in [2.45, 2.75) is 26.4 Å². The van der Waals surface area contributed by atoms with Gasteiger partial charge in [0.1, 0.15) is 0 Å². The van der Waals surface area contributed by atoms with Crippen LogP contribution in [-0.2, 0) is 6.54 Å². The van der Waals surface area contributed by atoms with Crippen LogP contribution in [0, 0.1) is 0 Å². The molecule has 1 aromatic rings. The Bertz CT molecular complexity index is 391. The number of nitrogens with zero attached hydrogens (tertiary/aromatic N) is 1. The lowest BCUT2D eigenvalue weighted by molar-refractivity contribution is 0.723. The molecule has 3 nitrogen and oxygen atoms in total. The highest BCUT2D eigenvalue weighted by atomic mass is 79.9. The van der Waals surface area contributed by atoms with E-state index in [-0.39, 0.29) is 6.04 Å². The second-order valence-electron chi connectivity index (χ2n) is 3.74. The van der Waals surface area contributed by atoms with Crippen LogP contribution < -0.4 is 11.1 Å².